The lowest BCUT2D eigenvalue weighted by atomic mass is 9.98. The lowest BCUT2D eigenvalue weighted by Crippen LogP contribution is -2.46. The van der Waals surface area contributed by atoms with E-state index in [2.05, 4.69) is 17.1 Å². The summed E-state index contributed by atoms with van der Waals surface area (Å²) in [5, 5.41) is 1.95. The maximum atomic E-state index is 5.81. The molecule has 1 aromatic rings. The molecule has 0 N–H and O–H groups in total. The van der Waals surface area contributed by atoms with Crippen molar-refractivity contribution in [2.75, 3.05) is 5.06 Å². The smallest absolute Gasteiger partial charge is 0.153 e. The van der Waals surface area contributed by atoms with Crippen molar-refractivity contribution in [1.29, 1.82) is 0 Å². The van der Waals surface area contributed by atoms with Crippen molar-refractivity contribution < 1.29 is 4.84 Å². The van der Waals surface area contributed by atoms with E-state index >= 15 is 0 Å². The van der Waals surface area contributed by atoms with Crippen molar-refractivity contribution in [1.82, 2.24) is 4.98 Å². The largest absolute Gasteiger partial charge is 0.264 e. The summed E-state index contributed by atoms with van der Waals surface area (Å²) in [6.07, 6.45) is 6.92. The normalized spacial score (nSPS) is 28.5. The molecule has 2 unspecified atom stereocenters. The Morgan fingerprint density at radius 2 is 2.27 bits per heavy atom. The van der Waals surface area contributed by atoms with Crippen molar-refractivity contribution >= 4 is 5.82 Å². The minimum atomic E-state index is 0.248. The third-order valence-electron chi connectivity index (χ3n) is 2.94. The summed E-state index contributed by atoms with van der Waals surface area (Å²) < 4.78 is 0. The highest BCUT2D eigenvalue weighted by Gasteiger charge is 2.31. The van der Waals surface area contributed by atoms with E-state index in [4.69, 9.17) is 4.84 Å². The van der Waals surface area contributed by atoms with Gasteiger partial charge in [0.05, 0.1) is 6.04 Å². The van der Waals surface area contributed by atoms with E-state index in [1.165, 1.54) is 0 Å². The number of hydroxylamine groups is 1. The molecule has 0 saturated carbocycles. The van der Waals surface area contributed by atoms with Crippen LogP contribution in [-0.2, 0) is 4.84 Å². The summed E-state index contributed by atoms with van der Waals surface area (Å²) in [7, 11) is 0. The van der Waals surface area contributed by atoms with E-state index in [9.17, 15) is 0 Å². The topological polar surface area (TPSA) is 25.4 Å². The van der Waals surface area contributed by atoms with Gasteiger partial charge >= 0.3 is 0 Å². The first kappa shape index (κ1) is 8.92. The number of hydrogen-bond acceptors (Lipinski definition) is 3. The number of hydrogen-bond donors (Lipinski definition) is 0. The molecule has 1 fully saturated rings. The molecule has 0 amide bonds. The highest BCUT2D eigenvalue weighted by Crippen LogP contribution is 2.30. The first-order valence-corrected chi connectivity index (χ1v) is 5.41. The van der Waals surface area contributed by atoms with Crippen LogP contribution in [0.4, 0.5) is 5.82 Å². The van der Waals surface area contributed by atoms with E-state index in [0.29, 0.717) is 6.04 Å². The van der Waals surface area contributed by atoms with Crippen LogP contribution in [0, 0.1) is 6.92 Å². The van der Waals surface area contributed by atoms with Gasteiger partial charge in [-0.1, -0.05) is 18.2 Å². The second-order valence-corrected chi connectivity index (χ2v) is 4.14. The molecule has 3 nitrogen and oxygen atoms in total. The van der Waals surface area contributed by atoms with E-state index in [1.54, 1.807) is 0 Å². The van der Waals surface area contributed by atoms with Gasteiger partial charge in [0.2, 0.25) is 0 Å². The van der Waals surface area contributed by atoms with Crippen molar-refractivity contribution in [3.8, 4) is 0 Å². The van der Waals surface area contributed by atoms with Gasteiger partial charge in [-0.25, -0.2) is 10.0 Å². The molecule has 0 radical (unpaired) electrons. The maximum Gasteiger partial charge on any atom is 0.153 e. The lowest BCUT2D eigenvalue weighted by Gasteiger charge is -2.40. The second kappa shape index (κ2) is 3.35. The highest BCUT2D eigenvalue weighted by molar-refractivity contribution is 5.40. The Kier molecular flexibility index (Phi) is 1.99. The summed E-state index contributed by atoms with van der Waals surface area (Å²) in [4.78, 5) is 10.3. The second-order valence-electron chi connectivity index (χ2n) is 4.14. The molecule has 2 atom stereocenters. The predicted molar refractivity (Wildman–Crippen MR) is 58.5 cm³/mol. The predicted octanol–water partition coefficient (Wildman–Crippen LogP) is 2.23. The van der Waals surface area contributed by atoms with Crippen molar-refractivity contribution in [3.05, 3.63) is 36.0 Å². The summed E-state index contributed by atoms with van der Waals surface area (Å²) in [5.41, 5.74) is 1.03. The molecule has 78 valence electrons. The third-order valence-corrected chi connectivity index (χ3v) is 2.94. The van der Waals surface area contributed by atoms with E-state index in [1.807, 2.05) is 30.2 Å². The van der Waals surface area contributed by atoms with Crippen LogP contribution in [0.3, 0.4) is 0 Å². The van der Waals surface area contributed by atoms with Gasteiger partial charge in [-0.15, -0.1) is 0 Å². The number of fused-ring (bicyclic) bond motifs is 2. The zero-order valence-electron chi connectivity index (χ0n) is 8.76. The lowest BCUT2D eigenvalue weighted by molar-refractivity contribution is 0.00211. The Labute approximate surface area is 89.3 Å². The van der Waals surface area contributed by atoms with Gasteiger partial charge in [-0.2, -0.15) is 0 Å². The molecule has 2 aliphatic heterocycles. The third kappa shape index (κ3) is 1.53. The minimum absolute atomic E-state index is 0.248. The molecule has 0 spiro atoms. The molecule has 4 rings (SSSR count). The van der Waals surface area contributed by atoms with Gasteiger partial charge in [0.25, 0.3) is 0 Å². The quantitative estimate of drug-likeness (QED) is 0.653. The van der Waals surface area contributed by atoms with Crippen LogP contribution >= 0.6 is 0 Å². The number of nitrogens with zero attached hydrogens (tertiary/aromatic N) is 2. The van der Waals surface area contributed by atoms with E-state index < -0.39 is 0 Å². The number of anilines is 1. The first-order chi connectivity index (χ1) is 7.33. The van der Waals surface area contributed by atoms with Crippen LogP contribution in [-0.4, -0.2) is 17.1 Å². The van der Waals surface area contributed by atoms with Crippen molar-refractivity contribution in [2.45, 2.75) is 31.9 Å². The average molecular weight is 202 g/mol. The van der Waals surface area contributed by atoms with Gasteiger partial charge in [0.1, 0.15) is 6.10 Å². The van der Waals surface area contributed by atoms with Crippen LogP contribution in [0.15, 0.2) is 30.4 Å². The molecular weight excluding hydrogens is 188 g/mol. The number of aromatic nitrogens is 1. The molecular formula is C12H14N2O. The van der Waals surface area contributed by atoms with Gasteiger partial charge in [-0.3, -0.25) is 4.84 Å². The molecule has 2 bridgehead atoms. The molecule has 3 aliphatic rings. The maximum absolute atomic E-state index is 5.81. The summed E-state index contributed by atoms with van der Waals surface area (Å²) in [5.74, 6) is 0.925. The summed E-state index contributed by atoms with van der Waals surface area (Å²) in [6.45, 7) is 2.00. The molecule has 1 saturated heterocycles. The standard InChI is InChI=1S/C12H14N2O/c1-9-3-2-4-12(13-9)14-10-5-7-11(15-14)8-6-10/h2-5,7,10-11H,6,8H2,1H3. The SMILES string of the molecule is Cc1cccc(N2OC3C=CC2CC3)n1. The molecule has 1 aliphatic carbocycles. The van der Waals surface area contributed by atoms with Crippen LogP contribution in [0.2, 0.25) is 0 Å². The van der Waals surface area contributed by atoms with Gasteiger partial charge in [0.15, 0.2) is 5.82 Å². The Morgan fingerprint density at radius 3 is 2.87 bits per heavy atom. The van der Waals surface area contributed by atoms with Gasteiger partial charge in [-0.05, 0) is 31.9 Å². The molecule has 15 heavy (non-hydrogen) atoms. The van der Waals surface area contributed by atoms with Gasteiger partial charge < -0.3 is 0 Å². The Morgan fingerprint density at radius 1 is 1.33 bits per heavy atom. The first-order valence-electron chi connectivity index (χ1n) is 5.41. The molecule has 1 aromatic heterocycles. The monoisotopic (exact) mass is 202 g/mol. The number of rotatable bonds is 1. The summed E-state index contributed by atoms with van der Waals surface area (Å²) >= 11 is 0. The fourth-order valence-corrected chi connectivity index (χ4v) is 2.16. The fourth-order valence-electron chi connectivity index (χ4n) is 2.16. The van der Waals surface area contributed by atoms with Crippen LogP contribution in [0.5, 0.6) is 0 Å². The van der Waals surface area contributed by atoms with Crippen molar-refractivity contribution in [2.24, 2.45) is 0 Å². The zero-order chi connectivity index (χ0) is 10.3. The summed E-state index contributed by atoms with van der Waals surface area (Å²) in [6, 6.07) is 6.39. The molecule has 3 heteroatoms. The number of pyridine rings is 1. The van der Waals surface area contributed by atoms with Crippen LogP contribution in [0.1, 0.15) is 18.5 Å². The number of aryl methyl sites for hydroxylation is 1. The zero-order valence-corrected chi connectivity index (χ0v) is 8.76. The van der Waals surface area contributed by atoms with Crippen LogP contribution in [0.25, 0.3) is 0 Å². The Hall–Kier alpha value is -1.35. The average Bonchev–Trinajstić information content (AvgIpc) is 2.30. The van der Waals surface area contributed by atoms with Crippen LogP contribution < -0.4 is 5.06 Å². The molecule has 0 aromatic carbocycles. The Balaban J connectivity index is 1.92. The van der Waals surface area contributed by atoms with E-state index in [0.717, 1.165) is 24.4 Å². The molecule has 3 heterocycles. The highest BCUT2D eigenvalue weighted by atomic mass is 16.7. The minimum Gasteiger partial charge on any atom is -0.264 e. The van der Waals surface area contributed by atoms with E-state index in [-0.39, 0.29) is 6.10 Å². The van der Waals surface area contributed by atoms with Crippen molar-refractivity contribution in [3.63, 3.8) is 0 Å². The van der Waals surface area contributed by atoms with Gasteiger partial charge in [0, 0.05) is 5.69 Å². The Bertz CT molecular complexity index is 402. The fraction of sp³-hybridized carbons (Fsp3) is 0.417.